The van der Waals surface area contributed by atoms with E-state index in [4.69, 9.17) is 186 Å². The molecule has 0 aromatic heterocycles. The van der Waals surface area contributed by atoms with E-state index in [0.717, 1.165) is 0 Å². The number of rotatable bonds is 4. The van der Waals surface area contributed by atoms with Crippen molar-refractivity contribution < 1.29 is 46.1 Å². The van der Waals surface area contributed by atoms with Crippen molar-refractivity contribution in [3.05, 3.63) is 0 Å². The van der Waals surface area contributed by atoms with Crippen LogP contribution in [0, 0.1) is 5.41 Å². The number of halogens is 22. The molecular formula is C17H6Cl16F6O4. The molecule has 0 bridgehead atoms. The second kappa shape index (κ2) is 11.1. The fraction of sp³-hybridized carbons (Fsp3) is 0.882. The summed E-state index contributed by atoms with van der Waals surface area (Å²) >= 11 is 96.2. The molecule has 0 spiro atoms. The van der Waals surface area contributed by atoms with Crippen molar-refractivity contribution in [3.8, 4) is 0 Å². The minimum atomic E-state index is -7.09. The molecule has 26 heteroatoms. The van der Waals surface area contributed by atoms with Crippen molar-refractivity contribution in [2.24, 2.45) is 5.41 Å². The average Bonchev–Trinajstić information content (AvgIpc) is 2.72. The Balaban J connectivity index is 3.50. The number of aliphatic carboxylic acids is 2. The van der Waals surface area contributed by atoms with Crippen molar-refractivity contribution in [3.63, 3.8) is 0 Å². The summed E-state index contributed by atoms with van der Waals surface area (Å²) in [5.41, 5.74) is -6.28. The van der Waals surface area contributed by atoms with E-state index in [1.165, 1.54) is 0 Å². The fourth-order valence-electron chi connectivity index (χ4n) is 5.15. The van der Waals surface area contributed by atoms with E-state index < -0.39 is 88.0 Å². The molecule has 2 saturated carbocycles. The van der Waals surface area contributed by atoms with Gasteiger partial charge in [-0.25, -0.2) is 0 Å². The molecule has 0 saturated heterocycles. The summed E-state index contributed by atoms with van der Waals surface area (Å²) < 4.78 is 70.3. The second-order valence-electron chi connectivity index (χ2n) is 9.34. The standard InChI is InChI=1S/C17H6Cl16F6O4/c18-5(1-7(20,21)14(30,31)9(24,3(40)41)12(5,26)27)11(16(34,35)36,17(37,38)39)6(19)2-8(22,23)15(32,33)10(25,4(42)43)13(6,28)29/h1-2H2,(H,40,41)(H,42,43). The van der Waals surface area contributed by atoms with E-state index in [2.05, 4.69) is 0 Å². The van der Waals surface area contributed by atoms with Crippen LogP contribution in [0.25, 0.3) is 0 Å². The van der Waals surface area contributed by atoms with Crippen LogP contribution in [0.3, 0.4) is 0 Å². The molecule has 0 radical (unpaired) electrons. The van der Waals surface area contributed by atoms with Gasteiger partial charge in [0.25, 0.3) is 0 Å². The highest BCUT2D eigenvalue weighted by Gasteiger charge is 3.00. The largest absolute Gasteiger partial charge is 0.480 e. The zero-order valence-corrected chi connectivity index (χ0v) is 31.0. The summed E-state index contributed by atoms with van der Waals surface area (Å²) in [5.74, 6) is -5.45. The molecule has 2 aliphatic carbocycles. The molecule has 43 heavy (non-hydrogen) atoms. The number of carboxylic acid groups (broad SMARTS) is 2. The van der Waals surface area contributed by atoms with E-state index in [-0.39, 0.29) is 0 Å². The Bertz CT molecular complexity index is 1130. The van der Waals surface area contributed by atoms with Crippen LogP contribution in [0.15, 0.2) is 0 Å². The Hall–Kier alpha value is 3.16. The SMILES string of the molecule is O=C(O)C1(Cl)C(Cl)(Cl)C(Cl)(Cl)CC(Cl)(C(C(F)(F)F)(C(F)(F)F)C2(Cl)CC(Cl)(Cl)C(Cl)(Cl)C(Cl)(C(=O)O)C2(Cl)Cl)C1(Cl)Cl. The molecule has 252 valence electrons. The Morgan fingerprint density at radius 1 is 0.465 bits per heavy atom. The molecule has 0 amide bonds. The minimum absolute atomic E-state index is 2.32. The second-order valence-corrected chi connectivity index (χ2v) is 20.0. The molecular weight excluding hydrogens is 949 g/mol. The van der Waals surface area contributed by atoms with Gasteiger partial charge in [0, 0.05) is 12.8 Å². The van der Waals surface area contributed by atoms with Crippen LogP contribution < -0.4 is 0 Å². The van der Waals surface area contributed by atoms with Gasteiger partial charge in [0.1, 0.15) is 9.75 Å². The van der Waals surface area contributed by atoms with Gasteiger partial charge in [-0.15, -0.1) is 23.2 Å². The molecule has 4 unspecified atom stereocenters. The number of carboxylic acids is 2. The van der Waals surface area contributed by atoms with E-state index in [1.807, 2.05) is 0 Å². The molecule has 2 aliphatic rings. The summed E-state index contributed by atoms with van der Waals surface area (Å²) in [5, 5.41) is 19.8. The lowest BCUT2D eigenvalue weighted by molar-refractivity contribution is -0.372. The van der Waals surface area contributed by atoms with Crippen LogP contribution in [0.4, 0.5) is 26.3 Å². The fourth-order valence-corrected chi connectivity index (χ4v) is 12.5. The molecule has 2 N–H and O–H groups in total. The molecule has 4 atom stereocenters. The van der Waals surface area contributed by atoms with Gasteiger partial charge in [0.2, 0.25) is 15.2 Å². The summed E-state index contributed by atoms with van der Waals surface area (Å²) in [6.07, 6.45) is -18.8. The summed E-state index contributed by atoms with van der Waals surface area (Å²) in [6, 6.07) is 0. The average molecular weight is 955 g/mol. The van der Waals surface area contributed by atoms with Crippen LogP contribution in [0.5, 0.6) is 0 Å². The van der Waals surface area contributed by atoms with Crippen LogP contribution in [-0.4, -0.2) is 80.0 Å². The predicted octanol–water partition coefficient (Wildman–Crippen LogP) is 11.0. The molecule has 4 nitrogen and oxygen atoms in total. The smallest absolute Gasteiger partial charge is 0.406 e. The van der Waals surface area contributed by atoms with Gasteiger partial charge in [-0.2, -0.15) is 26.3 Å². The molecule has 0 aliphatic heterocycles. The first-order valence-corrected chi connectivity index (χ1v) is 16.0. The van der Waals surface area contributed by atoms with Crippen molar-refractivity contribution >= 4 is 198 Å². The van der Waals surface area contributed by atoms with E-state index in [1.54, 1.807) is 0 Å². The lowest BCUT2D eigenvalue weighted by Gasteiger charge is -2.70. The van der Waals surface area contributed by atoms with Gasteiger partial charge >= 0.3 is 24.3 Å². The summed E-state index contributed by atoms with van der Waals surface area (Å²) in [4.78, 5) is 6.53. The number of carbonyl (C=O) groups is 2. The Morgan fingerprint density at radius 2 is 0.674 bits per heavy atom. The van der Waals surface area contributed by atoms with Crippen molar-refractivity contribution in [1.29, 1.82) is 0 Å². The maximum Gasteiger partial charge on any atom is 0.406 e. The van der Waals surface area contributed by atoms with Gasteiger partial charge in [0.05, 0.1) is 0 Å². The Morgan fingerprint density at radius 3 is 0.837 bits per heavy atom. The van der Waals surface area contributed by atoms with Gasteiger partial charge in [-0.05, 0) is 0 Å². The van der Waals surface area contributed by atoms with Crippen LogP contribution in [-0.2, 0) is 9.59 Å². The quantitative estimate of drug-likeness (QED) is 0.218. The van der Waals surface area contributed by atoms with Crippen molar-refractivity contribution in [1.82, 2.24) is 0 Å². The third-order valence-corrected chi connectivity index (χ3v) is 18.5. The Labute approximate surface area is 316 Å². The zero-order valence-electron chi connectivity index (χ0n) is 18.9. The maximum absolute atomic E-state index is 15.6. The third-order valence-electron chi connectivity index (χ3n) is 7.20. The first-order chi connectivity index (χ1) is 18.3. The van der Waals surface area contributed by atoms with E-state index in [9.17, 15) is 19.8 Å². The summed E-state index contributed by atoms with van der Waals surface area (Å²) in [6.45, 7) is 0. The Kier molecular flexibility index (Phi) is 10.9. The van der Waals surface area contributed by atoms with Crippen LogP contribution in [0.1, 0.15) is 12.8 Å². The third kappa shape index (κ3) is 4.60. The highest BCUT2D eigenvalue weighted by molar-refractivity contribution is 6.74. The molecule has 0 aromatic carbocycles. The summed E-state index contributed by atoms with van der Waals surface area (Å²) in [7, 11) is 0. The molecule has 0 aromatic rings. The predicted molar refractivity (Wildman–Crippen MR) is 160 cm³/mol. The highest BCUT2D eigenvalue weighted by atomic mass is 35.6. The highest BCUT2D eigenvalue weighted by Crippen LogP contribution is 2.84. The number of hydrogen-bond acceptors (Lipinski definition) is 2. The zero-order chi connectivity index (χ0) is 35.1. The number of alkyl halides is 22. The maximum atomic E-state index is 15.6. The lowest BCUT2D eigenvalue weighted by Crippen LogP contribution is -2.90. The first kappa shape index (κ1) is 42.3. The van der Waals surface area contributed by atoms with Gasteiger partial charge < -0.3 is 10.2 Å². The monoisotopic (exact) mass is 948 g/mol. The normalized spacial score (nSPS) is 38.3. The van der Waals surface area contributed by atoms with Gasteiger partial charge in [-0.3, -0.25) is 9.59 Å². The molecule has 2 fully saturated rings. The minimum Gasteiger partial charge on any atom is -0.480 e. The first-order valence-electron chi connectivity index (χ1n) is 9.93. The van der Waals surface area contributed by atoms with Gasteiger partial charge in [0.15, 0.2) is 26.0 Å². The lowest BCUT2D eigenvalue weighted by atomic mass is 9.53. The van der Waals surface area contributed by atoms with Gasteiger partial charge in [-0.1, -0.05) is 162 Å². The van der Waals surface area contributed by atoms with Crippen LogP contribution >= 0.6 is 186 Å². The van der Waals surface area contributed by atoms with E-state index >= 15 is 26.3 Å². The number of hydrogen-bond donors (Lipinski definition) is 2. The van der Waals surface area contributed by atoms with Crippen molar-refractivity contribution in [2.75, 3.05) is 0 Å². The van der Waals surface area contributed by atoms with Crippen molar-refractivity contribution in [2.45, 2.75) is 70.7 Å². The topological polar surface area (TPSA) is 74.6 Å². The van der Waals surface area contributed by atoms with E-state index in [0.29, 0.717) is 0 Å². The molecule has 2 rings (SSSR count). The molecule has 0 heterocycles. The van der Waals surface area contributed by atoms with Crippen LogP contribution in [0.2, 0.25) is 0 Å².